The highest BCUT2D eigenvalue weighted by Gasteiger charge is 2.23. The van der Waals surface area contributed by atoms with Gasteiger partial charge in [0.2, 0.25) is 0 Å². The van der Waals surface area contributed by atoms with Gasteiger partial charge in [-0.2, -0.15) is 0 Å². The number of primary amides is 1. The Labute approximate surface area is 103 Å². The Hall–Kier alpha value is -1.98. The molecule has 18 heavy (non-hydrogen) atoms. The maximum absolute atomic E-state index is 13.1. The minimum Gasteiger partial charge on any atom is -0.361 e. The number of hydrogen-bond acceptors (Lipinski definition) is 2. The smallest absolute Gasteiger partial charge is 0.309 e. The topological polar surface area (TPSA) is 72.2 Å². The molecule has 0 bridgehead atoms. The van der Waals surface area contributed by atoms with Crippen LogP contribution in [0.4, 0.5) is 8.78 Å². The van der Waals surface area contributed by atoms with Gasteiger partial charge in [0.05, 0.1) is 0 Å². The lowest BCUT2D eigenvalue weighted by Gasteiger charge is -2.25. The third-order valence-electron chi connectivity index (χ3n) is 2.62. The number of carbonyl (C=O) groups is 2. The number of amides is 2. The first kappa shape index (κ1) is 14.1. The van der Waals surface area contributed by atoms with Gasteiger partial charge in [-0.1, -0.05) is 19.9 Å². The summed E-state index contributed by atoms with van der Waals surface area (Å²) in [6, 6.07) is 3.50. The molecule has 0 aliphatic rings. The zero-order valence-corrected chi connectivity index (χ0v) is 10.1. The van der Waals surface area contributed by atoms with Crippen molar-refractivity contribution < 1.29 is 18.4 Å². The Bertz CT molecular complexity index is 487. The molecule has 0 fully saturated rings. The SMILES string of the molecule is CC(C)(CNC(=O)C(N)=O)c1ccc(F)c(F)c1. The summed E-state index contributed by atoms with van der Waals surface area (Å²) >= 11 is 0. The van der Waals surface area contributed by atoms with E-state index in [1.54, 1.807) is 13.8 Å². The average molecular weight is 256 g/mol. The molecule has 0 atom stereocenters. The molecule has 0 aliphatic carbocycles. The summed E-state index contributed by atoms with van der Waals surface area (Å²) < 4.78 is 25.9. The molecule has 1 rings (SSSR count). The Morgan fingerprint density at radius 1 is 1.28 bits per heavy atom. The van der Waals surface area contributed by atoms with Crippen molar-refractivity contribution in [2.24, 2.45) is 5.73 Å². The molecule has 6 heteroatoms. The third-order valence-corrected chi connectivity index (χ3v) is 2.62. The predicted octanol–water partition coefficient (Wildman–Crippen LogP) is 0.844. The van der Waals surface area contributed by atoms with E-state index in [2.05, 4.69) is 5.32 Å². The van der Waals surface area contributed by atoms with E-state index in [0.29, 0.717) is 5.56 Å². The lowest BCUT2D eigenvalue weighted by atomic mass is 9.84. The van der Waals surface area contributed by atoms with Gasteiger partial charge in [0, 0.05) is 12.0 Å². The van der Waals surface area contributed by atoms with Gasteiger partial charge in [-0.25, -0.2) is 8.78 Å². The highest BCUT2D eigenvalue weighted by molar-refractivity contribution is 6.34. The maximum atomic E-state index is 13.1. The van der Waals surface area contributed by atoms with Crippen LogP contribution < -0.4 is 11.1 Å². The number of halogens is 2. The number of rotatable bonds is 3. The molecule has 0 saturated carbocycles. The average Bonchev–Trinajstić information content (AvgIpc) is 2.29. The van der Waals surface area contributed by atoms with E-state index in [9.17, 15) is 18.4 Å². The van der Waals surface area contributed by atoms with Gasteiger partial charge >= 0.3 is 11.8 Å². The van der Waals surface area contributed by atoms with Crippen LogP contribution in [0.15, 0.2) is 18.2 Å². The van der Waals surface area contributed by atoms with E-state index in [1.807, 2.05) is 0 Å². The van der Waals surface area contributed by atoms with Gasteiger partial charge in [0.1, 0.15) is 0 Å². The van der Waals surface area contributed by atoms with Gasteiger partial charge in [0.15, 0.2) is 11.6 Å². The van der Waals surface area contributed by atoms with Gasteiger partial charge in [-0.15, -0.1) is 0 Å². The van der Waals surface area contributed by atoms with Crippen LogP contribution in [0.2, 0.25) is 0 Å². The van der Waals surface area contributed by atoms with Crippen molar-refractivity contribution in [3.63, 3.8) is 0 Å². The van der Waals surface area contributed by atoms with Crippen molar-refractivity contribution in [2.75, 3.05) is 6.54 Å². The monoisotopic (exact) mass is 256 g/mol. The van der Waals surface area contributed by atoms with Gasteiger partial charge < -0.3 is 11.1 Å². The standard InChI is InChI=1S/C12H14F2N2O2/c1-12(2,6-16-11(18)10(15)17)7-3-4-8(13)9(14)5-7/h3-5H,6H2,1-2H3,(H2,15,17)(H,16,18). The van der Waals surface area contributed by atoms with E-state index < -0.39 is 28.9 Å². The van der Waals surface area contributed by atoms with Gasteiger partial charge in [-0.3, -0.25) is 9.59 Å². The molecule has 3 N–H and O–H groups in total. The Morgan fingerprint density at radius 2 is 1.89 bits per heavy atom. The van der Waals surface area contributed by atoms with Crippen LogP contribution in [0, 0.1) is 11.6 Å². The fourth-order valence-electron chi connectivity index (χ4n) is 1.41. The van der Waals surface area contributed by atoms with Crippen molar-refractivity contribution in [1.29, 1.82) is 0 Å². The van der Waals surface area contributed by atoms with E-state index in [1.165, 1.54) is 6.07 Å². The summed E-state index contributed by atoms with van der Waals surface area (Å²) in [6.45, 7) is 3.53. The van der Waals surface area contributed by atoms with E-state index in [4.69, 9.17) is 5.73 Å². The first-order chi connectivity index (χ1) is 8.24. The minimum atomic E-state index is -1.09. The van der Waals surface area contributed by atoms with Crippen molar-refractivity contribution in [3.05, 3.63) is 35.4 Å². The molecular formula is C12H14F2N2O2. The van der Waals surface area contributed by atoms with E-state index >= 15 is 0 Å². The Balaban J connectivity index is 2.82. The van der Waals surface area contributed by atoms with Crippen LogP contribution in [0.1, 0.15) is 19.4 Å². The fourth-order valence-corrected chi connectivity index (χ4v) is 1.41. The summed E-state index contributed by atoms with van der Waals surface area (Å²) in [7, 11) is 0. The van der Waals surface area contributed by atoms with Crippen LogP contribution >= 0.6 is 0 Å². The molecule has 98 valence electrons. The molecule has 1 aromatic carbocycles. The summed E-state index contributed by atoms with van der Waals surface area (Å²) in [4.78, 5) is 21.6. The van der Waals surface area contributed by atoms with Gasteiger partial charge in [0.25, 0.3) is 0 Å². The molecule has 1 aromatic rings. The molecule has 2 amide bonds. The molecule has 0 aliphatic heterocycles. The quantitative estimate of drug-likeness (QED) is 0.787. The summed E-state index contributed by atoms with van der Waals surface area (Å²) in [5.41, 5.74) is 4.64. The molecule has 0 aromatic heterocycles. The van der Waals surface area contributed by atoms with Crippen molar-refractivity contribution in [2.45, 2.75) is 19.3 Å². The molecule has 0 heterocycles. The molecule has 0 unspecified atom stereocenters. The highest BCUT2D eigenvalue weighted by atomic mass is 19.2. The zero-order valence-electron chi connectivity index (χ0n) is 10.1. The molecular weight excluding hydrogens is 242 g/mol. The number of benzene rings is 1. The number of hydrogen-bond donors (Lipinski definition) is 2. The first-order valence-corrected chi connectivity index (χ1v) is 5.27. The Kier molecular flexibility index (Phi) is 4.00. The molecule has 0 radical (unpaired) electrons. The molecule has 0 saturated heterocycles. The number of nitrogens with one attached hydrogen (secondary N) is 1. The highest BCUT2D eigenvalue weighted by Crippen LogP contribution is 2.23. The summed E-state index contributed by atoms with van der Waals surface area (Å²) in [6.07, 6.45) is 0. The lowest BCUT2D eigenvalue weighted by molar-refractivity contribution is -0.137. The lowest BCUT2D eigenvalue weighted by Crippen LogP contribution is -2.42. The van der Waals surface area contributed by atoms with Crippen LogP contribution in [0.25, 0.3) is 0 Å². The minimum absolute atomic E-state index is 0.0832. The largest absolute Gasteiger partial charge is 0.361 e. The van der Waals surface area contributed by atoms with E-state index in [-0.39, 0.29) is 6.54 Å². The normalized spacial score (nSPS) is 11.1. The van der Waals surface area contributed by atoms with E-state index in [0.717, 1.165) is 12.1 Å². The van der Waals surface area contributed by atoms with Crippen molar-refractivity contribution in [1.82, 2.24) is 5.32 Å². The van der Waals surface area contributed by atoms with Crippen molar-refractivity contribution in [3.8, 4) is 0 Å². The second-order valence-corrected chi connectivity index (χ2v) is 4.56. The summed E-state index contributed by atoms with van der Waals surface area (Å²) in [5.74, 6) is -3.89. The number of nitrogens with two attached hydrogens (primary N) is 1. The predicted molar refractivity (Wildman–Crippen MR) is 61.6 cm³/mol. The fraction of sp³-hybridized carbons (Fsp3) is 0.333. The second-order valence-electron chi connectivity index (χ2n) is 4.56. The van der Waals surface area contributed by atoms with Crippen LogP contribution in [0.5, 0.6) is 0 Å². The van der Waals surface area contributed by atoms with Gasteiger partial charge in [-0.05, 0) is 17.7 Å². The molecule has 4 nitrogen and oxygen atoms in total. The third kappa shape index (κ3) is 3.26. The van der Waals surface area contributed by atoms with Crippen LogP contribution in [-0.4, -0.2) is 18.4 Å². The summed E-state index contributed by atoms with van der Waals surface area (Å²) in [5, 5.41) is 2.33. The maximum Gasteiger partial charge on any atom is 0.309 e. The second kappa shape index (κ2) is 5.12. The number of carbonyl (C=O) groups excluding carboxylic acids is 2. The van der Waals surface area contributed by atoms with Crippen LogP contribution in [-0.2, 0) is 15.0 Å². The molecule has 0 spiro atoms. The Morgan fingerprint density at radius 3 is 2.39 bits per heavy atom. The van der Waals surface area contributed by atoms with Crippen LogP contribution in [0.3, 0.4) is 0 Å². The van der Waals surface area contributed by atoms with Crippen molar-refractivity contribution >= 4 is 11.8 Å². The zero-order chi connectivity index (χ0) is 13.9. The first-order valence-electron chi connectivity index (χ1n) is 5.27.